The number of benzene rings is 1. The highest BCUT2D eigenvalue weighted by Crippen LogP contribution is 2.31. The molecule has 98 valence electrons. The summed E-state index contributed by atoms with van der Waals surface area (Å²) < 4.78 is 1.05. The number of halogens is 1. The fourth-order valence-corrected chi connectivity index (χ4v) is 3.17. The first-order chi connectivity index (χ1) is 9.28. The molecule has 2 aromatic heterocycles. The lowest BCUT2D eigenvalue weighted by Crippen LogP contribution is -1.90. The molecule has 0 aliphatic rings. The fraction of sp³-hybridized carbons (Fsp3) is 0.231. The van der Waals surface area contributed by atoms with E-state index >= 15 is 0 Å². The van der Waals surface area contributed by atoms with Gasteiger partial charge in [-0.2, -0.15) is 5.10 Å². The van der Waals surface area contributed by atoms with Crippen LogP contribution in [0.1, 0.15) is 18.9 Å². The largest absolute Gasteiger partial charge is 0.314 e. The van der Waals surface area contributed by atoms with Crippen molar-refractivity contribution in [2.75, 3.05) is 5.32 Å². The average Bonchev–Trinajstić information content (AvgIpc) is 3.01. The third-order valence-corrected chi connectivity index (χ3v) is 4.19. The molecule has 0 aliphatic carbocycles. The highest BCUT2D eigenvalue weighted by molar-refractivity contribution is 9.10. The number of hydrogen-bond acceptors (Lipinski definition) is 4. The quantitative estimate of drug-likeness (QED) is 0.738. The Morgan fingerprint density at radius 3 is 3.05 bits per heavy atom. The van der Waals surface area contributed by atoms with Crippen LogP contribution in [0.5, 0.6) is 0 Å². The van der Waals surface area contributed by atoms with Gasteiger partial charge in [0.15, 0.2) is 10.9 Å². The molecule has 0 atom stereocenters. The van der Waals surface area contributed by atoms with Gasteiger partial charge in [0.1, 0.15) is 0 Å². The number of aromatic amines is 1. The van der Waals surface area contributed by atoms with Crippen LogP contribution in [-0.2, 0) is 6.42 Å². The lowest BCUT2D eigenvalue weighted by Gasteiger charge is -2.03. The van der Waals surface area contributed by atoms with Crippen molar-refractivity contribution in [3.63, 3.8) is 0 Å². The van der Waals surface area contributed by atoms with Gasteiger partial charge in [-0.15, -0.1) is 11.3 Å². The summed E-state index contributed by atoms with van der Waals surface area (Å²) in [6, 6.07) is 4.33. The van der Waals surface area contributed by atoms with Crippen LogP contribution in [0.2, 0.25) is 0 Å². The molecule has 3 aromatic rings. The maximum atomic E-state index is 4.33. The number of anilines is 2. The Balaban J connectivity index is 2.05. The third kappa shape index (κ3) is 2.50. The van der Waals surface area contributed by atoms with E-state index in [-0.39, 0.29) is 0 Å². The molecule has 0 spiro atoms. The van der Waals surface area contributed by atoms with Crippen LogP contribution in [0.15, 0.2) is 28.2 Å². The Hall–Kier alpha value is -1.40. The smallest absolute Gasteiger partial charge is 0.188 e. The number of rotatable bonds is 4. The molecule has 19 heavy (non-hydrogen) atoms. The van der Waals surface area contributed by atoms with Gasteiger partial charge in [0.2, 0.25) is 0 Å². The summed E-state index contributed by atoms with van der Waals surface area (Å²) in [6.07, 6.45) is 3.97. The molecule has 0 aliphatic heterocycles. The SMILES string of the molecule is CCCc1cc(Br)c2[nH]nc(Nc3nccs3)c2c1. The van der Waals surface area contributed by atoms with Crippen molar-refractivity contribution in [3.05, 3.63) is 33.7 Å². The molecule has 4 nitrogen and oxygen atoms in total. The Morgan fingerprint density at radius 2 is 2.32 bits per heavy atom. The number of fused-ring (bicyclic) bond motifs is 1. The number of nitrogens with zero attached hydrogens (tertiary/aromatic N) is 2. The molecule has 2 heterocycles. The molecule has 0 saturated heterocycles. The number of hydrogen-bond donors (Lipinski definition) is 2. The molecule has 0 saturated carbocycles. The van der Waals surface area contributed by atoms with Gasteiger partial charge in [-0.05, 0) is 40.0 Å². The molecule has 0 bridgehead atoms. The Morgan fingerprint density at radius 1 is 1.42 bits per heavy atom. The predicted molar refractivity (Wildman–Crippen MR) is 83.2 cm³/mol. The van der Waals surface area contributed by atoms with Crippen LogP contribution >= 0.6 is 27.3 Å². The second-order valence-electron chi connectivity index (χ2n) is 4.28. The van der Waals surface area contributed by atoms with E-state index < -0.39 is 0 Å². The van der Waals surface area contributed by atoms with E-state index in [1.54, 1.807) is 17.5 Å². The molecule has 2 N–H and O–H groups in total. The minimum absolute atomic E-state index is 0.823. The molecule has 6 heteroatoms. The van der Waals surface area contributed by atoms with Gasteiger partial charge >= 0.3 is 0 Å². The Labute approximate surface area is 123 Å². The van der Waals surface area contributed by atoms with Gasteiger partial charge < -0.3 is 5.32 Å². The number of thiazole rings is 1. The van der Waals surface area contributed by atoms with Crippen molar-refractivity contribution in [3.8, 4) is 0 Å². The number of aryl methyl sites for hydroxylation is 1. The third-order valence-electron chi connectivity index (χ3n) is 2.88. The highest BCUT2D eigenvalue weighted by Gasteiger charge is 2.11. The molecule has 3 rings (SSSR count). The average molecular weight is 337 g/mol. The van der Waals surface area contributed by atoms with Gasteiger partial charge in [-0.1, -0.05) is 13.3 Å². The second-order valence-corrected chi connectivity index (χ2v) is 6.03. The van der Waals surface area contributed by atoms with Crippen molar-refractivity contribution < 1.29 is 0 Å². The predicted octanol–water partition coefficient (Wildman–Crippen LogP) is 4.48. The summed E-state index contributed by atoms with van der Waals surface area (Å²) >= 11 is 5.16. The standard InChI is InChI=1S/C13H13BrN4S/c1-2-3-8-6-9-11(10(14)7-8)17-18-12(9)16-13-15-4-5-19-13/h4-7H,2-3H2,1H3,(H2,15,16,17,18). The molecule has 0 unspecified atom stereocenters. The number of nitrogens with one attached hydrogen (secondary N) is 2. The van der Waals surface area contributed by atoms with E-state index in [1.807, 2.05) is 5.38 Å². The summed E-state index contributed by atoms with van der Waals surface area (Å²) in [5.74, 6) is 0.823. The van der Waals surface area contributed by atoms with Crippen LogP contribution < -0.4 is 5.32 Å². The summed E-state index contributed by atoms with van der Waals surface area (Å²) in [5, 5.41) is 14.5. The molecule has 0 radical (unpaired) electrons. The van der Waals surface area contributed by atoms with Crippen LogP contribution in [0, 0.1) is 0 Å². The summed E-state index contributed by atoms with van der Waals surface area (Å²) in [5.41, 5.74) is 2.32. The second kappa shape index (κ2) is 5.30. The summed E-state index contributed by atoms with van der Waals surface area (Å²) in [4.78, 5) is 4.22. The molecule has 0 fully saturated rings. The zero-order valence-electron chi connectivity index (χ0n) is 10.4. The van der Waals surface area contributed by atoms with Crippen molar-refractivity contribution in [1.82, 2.24) is 15.2 Å². The first-order valence-electron chi connectivity index (χ1n) is 6.11. The maximum absolute atomic E-state index is 4.33. The Kier molecular flexibility index (Phi) is 3.52. The normalized spacial score (nSPS) is 11.1. The van der Waals surface area contributed by atoms with Crippen molar-refractivity contribution in [1.29, 1.82) is 0 Å². The van der Waals surface area contributed by atoms with E-state index in [0.29, 0.717) is 0 Å². The van der Waals surface area contributed by atoms with Crippen LogP contribution in [0.25, 0.3) is 10.9 Å². The molecular weight excluding hydrogens is 324 g/mol. The zero-order chi connectivity index (χ0) is 13.2. The van der Waals surface area contributed by atoms with E-state index in [0.717, 1.165) is 39.2 Å². The maximum Gasteiger partial charge on any atom is 0.188 e. The topological polar surface area (TPSA) is 53.6 Å². The minimum Gasteiger partial charge on any atom is -0.314 e. The molecule has 1 aromatic carbocycles. The minimum atomic E-state index is 0.823. The molecule has 0 amide bonds. The van der Waals surface area contributed by atoms with Crippen LogP contribution in [-0.4, -0.2) is 15.2 Å². The zero-order valence-corrected chi connectivity index (χ0v) is 12.8. The van der Waals surface area contributed by atoms with Crippen molar-refractivity contribution >= 4 is 49.1 Å². The van der Waals surface area contributed by atoms with Crippen molar-refractivity contribution in [2.24, 2.45) is 0 Å². The highest BCUT2D eigenvalue weighted by atomic mass is 79.9. The van der Waals surface area contributed by atoms with Crippen molar-refractivity contribution in [2.45, 2.75) is 19.8 Å². The van der Waals surface area contributed by atoms with Gasteiger partial charge in [-0.3, -0.25) is 5.10 Å². The van der Waals surface area contributed by atoms with E-state index in [4.69, 9.17) is 0 Å². The van der Waals surface area contributed by atoms with Crippen LogP contribution in [0.3, 0.4) is 0 Å². The fourth-order valence-electron chi connectivity index (χ4n) is 2.05. The lowest BCUT2D eigenvalue weighted by atomic mass is 10.1. The summed E-state index contributed by atoms with van der Waals surface area (Å²) in [7, 11) is 0. The van der Waals surface area contributed by atoms with Gasteiger partial charge in [0.25, 0.3) is 0 Å². The van der Waals surface area contributed by atoms with Gasteiger partial charge in [0.05, 0.1) is 5.52 Å². The van der Waals surface area contributed by atoms with E-state index in [2.05, 4.69) is 55.5 Å². The number of aromatic nitrogens is 3. The van der Waals surface area contributed by atoms with Gasteiger partial charge in [-0.25, -0.2) is 4.98 Å². The summed E-state index contributed by atoms with van der Waals surface area (Å²) in [6.45, 7) is 2.18. The molecular formula is C13H13BrN4S. The Bertz CT molecular complexity index is 690. The monoisotopic (exact) mass is 336 g/mol. The van der Waals surface area contributed by atoms with E-state index in [9.17, 15) is 0 Å². The number of H-pyrrole nitrogens is 1. The van der Waals surface area contributed by atoms with Crippen LogP contribution in [0.4, 0.5) is 10.9 Å². The lowest BCUT2D eigenvalue weighted by molar-refractivity contribution is 0.923. The van der Waals surface area contributed by atoms with E-state index in [1.165, 1.54) is 5.56 Å². The first-order valence-corrected chi connectivity index (χ1v) is 7.78. The first kappa shape index (κ1) is 12.6. The van der Waals surface area contributed by atoms with Gasteiger partial charge in [0, 0.05) is 21.4 Å².